The number of aromatic nitrogens is 2. The van der Waals surface area contributed by atoms with Gasteiger partial charge in [0.25, 0.3) is 0 Å². The molecule has 0 amide bonds. The van der Waals surface area contributed by atoms with E-state index < -0.39 is 0 Å². The Morgan fingerprint density at radius 1 is 1.04 bits per heavy atom. The van der Waals surface area contributed by atoms with Crippen molar-refractivity contribution in [1.29, 1.82) is 0 Å². The van der Waals surface area contributed by atoms with E-state index in [1.165, 1.54) is 5.56 Å². The van der Waals surface area contributed by atoms with E-state index in [1.54, 1.807) is 0 Å². The van der Waals surface area contributed by atoms with Crippen molar-refractivity contribution in [2.24, 2.45) is 0 Å². The van der Waals surface area contributed by atoms with Crippen molar-refractivity contribution in [1.82, 2.24) is 9.97 Å². The second-order valence-corrected chi connectivity index (χ2v) is 6.65. The number of rotatable bonds is 6. The molecule has 1 aliphatic heterocycles. The highest BCUT2D eigenvalue weighted by molar-refractivity contribution is 6.30. The summed E-state index contributed by atoms with van der Waals surface area (Å²) in [5, 5.41) is 7.30. The Morgan fingerprint density at radius 2 is 1.93 bits per heavy atom. The van der Waals surface area contributed by atoms with Crippen LogP contribution in [0.3, 0.4) is 0 Å². The summed E-state index contributed by atoms with van der Waals surface area (Å²) in [4.78, 5) is 8.99. The summed E-state index contributed by atoms with van der Waals surface area (Å²) in [6.07, 6.45) is 0.836. The van der Waals surface area contributed by atoms with Gasteiger partial charge in [0.2, 0.25) is 12.7 Å². The van der Waals surface area contributed by atoms with Gasteiger partial charge in [-0.1, -0.05) is 23.7 Å². The molecular weight excluding hydrogens is 364 g/mol. The van der Waals surface area contributed by atoms with Gasteiger partial charge in [-0.25, -0.2) is 4.98 Å². The molecule has 1 aliphatic rings. The average Bonchev–Trinajstić information content (AvgIpc) is 3.09. The van der Waals surface area contributed by atoms with Crippen LogP contribution in [0.25, 0.3) is 0 Å². The molecule has 6 nitrogen and oxygen atoms in total. The summed E-state index contributed by atoms with van der Waals surface area (Å²) in [7, 11) is 0. The molecule has 0 atom stereocenters. The topological polar surface area (TPSA) is 68.3 Å². The van der Waals surface area contributed by atoms with Gasteiger partial charge in [0.1, 0.15) is 5.82 Å². The lowest BCUT2D eigenvalue weighted by Crippen LogP contribution is -2.09. The number of nitrogens with zero attached hydrogens (tertiary/aromatic N) is 2. The number of hydrogen-bond donors (Lipinski definition) is 2. The van der Waals surface area contributed by atoms with Crippen LogP contribution in [0.5, 0.6) is 11.5 Å². The van der Waals surface area contributed by atoms with Gasteiger partial charge in [0.05, 0.1) is 0 Å². The maximum Gasteiger partial charge on any atom is 0.231 e. The zero-order valence-corrected chi connectivity index (χ0v) is 15.6. The lowest BCUT2D eigenvalue weighted by atomic mass is 10.1. The summed E-state index contributed by atoms with van der Waals surface area (Å²) in [6, 6.07) is 15.4. The van der Waals surface area contributed by atoms with Crippen LogP contribution in [-0.2, 0) is 6.42 Å². The maximum atomic E-state index is 6.02. The van der Waals surface area contributed by atoms with Gasteiger partial charge in [0.15, 0.2) is 11.5 Å². The van der Waals surface area contributed by atoms with Crippen molar-refractivity contribution in [2.45, 2.75) is 13.3 Å². The van der Waals surface area contributed by atoms with Crippen LogP contribution in [-0.4, -0.2) is 23.3 Å². The van der Waals surface area contributed by atoms with Crippen molar-refractivity contribution in [3.05, 3.63) is 64.8 Å². The van der Waals surface area contributed by atoms with Gasteiger partial charge in [-0.3, -0.25) is 0 Å². The van der Waals surface area contributed by atoms with E-state index in [9.17, 15) is 0 Å². The third kappa shape index (κ3) is 4.41. The van der Waals surface area contributed by atoms with Crippen LogP contribution in [0, 0.1) is 6.92 Å². The first-order valence-electron chi connectivity index (χ1n) is 8.66. The quantitative estimate of drug-likeness (QED) is 0.651. The highest BCUT2D eigenvalue weighted by Crippen LogP contribution is 2.35. The van der Waals surface area contributed by atoms with Gasteiger partial charge in [-0.15, -0.1) is 0 Å². The van der Waals surface area contributed by atoms with Crippen molar-refractivity contribution in [3.63, 3.8) is 0 Å². The summed E-state index contributed by atoms with van der Waals surface area (Å²) >= 11 is 6.02. The van der Waals surface area contributed by atoms with E-state index in [0.29, 0.717) is 18.3 Å². The molecule has 4 rings (SSSR count). The lowest BCUT2D eigenvalue weighted by molar-refractivity contribution is 0.174. The van der Waals surface area contributed by atoms with E-state index in [4.69, 9.17) is 21.1 Å². The minimum atomic E-state index is 0.256. The number of hydrogen-bond acceptors (Lipinski definition) is 6. The average molecular weight is 383 g/mol. The minimum absolute atomic E-state index is 0.256. The first kappa shape index (κ1) is 17.4. The SMILES string of the molecule is Cc1cc(Nc2ccc3c(c2)OCO3)nc(NCCc2cccc(Cl)c2)n1. The Kier molecular flexibility index (Phi) is 4.98. The highest BCUT2D eigenvalue weighted by Gasteiger charge is 2.13. The number of fused-ring (bicyclic) bond motifs is 1. The predicted molar refractivity (Wildman–Crippen MR) is 106 cm³/mol. The molecule has 0 radical (unpaired) electrons. The summed E-state index contributed by atoms with van der Waals surface area (Å²) in [5.74, 6) is 2.78. The molecule has 0 fully saturated rings. The Bertz CT molecular complexity index is 964. The molecule has 0 unspecified atom stereocenters. The van der Waals surface area contributed by atoms with Gasteiger partial charge < -0.3 is 20.1 Å². The molecule has 2 heterocycles. The first-order chi connectivity index (χ1) is 13.2. The molecule has 0 spiro atoms. The number of benzene rings is 2. The predicted octanol–water partition coefficient (Wildman–Crippen LogP) is 4.57. The van der Waals surface area contributed by atoms with Crippen LogP contribution in [0.15, 0.2) is 48.5 Å². The highest BCUT2D eigenvalue weighted by atomic mass is 35.5. The van der Waals surface area contributed by atoms with E-state index in [2.05, 4.69) is 26.7 Å². The largest absolute Gasteiger partial charge is 0.454 e. The van der Waals surface area contributed by atoms with E-state index in [1.807, 2.05) is 49.4 Å². The summed E-state index contributed by atoms with van der Waals surface area (Å²) in [5.41, 5.74) is 2.92. The fourth-order valence-corrected chi connectivity index (χ4v) is 3.06. The molecule has 3 aromatic rings. The third-order valence-corrected chi connectivity index (χ3v) is 4.32. The Labute approximate surface area is 162 Å². The van der Waals surface area contributed by atoms with Crippen molar-refractivity contribution in [2.75, 3.05) is 24.0 Å². The Balaban J connectivity index is 1.42. The van der Waals surface area contributed by atoms with Crippen molar-refractivity contribution in [3.8, 4) is 11.5 Å². The molecular formula is C20H19ClN4O2. The van der Waals surface area contributed by atoms with Crippen molar-refractivity contribution >= 4 is 29.1 Å². The number of aryl methyl sites for hydroxylation is 1. The van der Waals surface area contributed by atoms with Crippen LogP contribution in [0.2, 0.25) is 5.02 Å². The first-order valence-corrected chi connectivity index (χ1v) is 9.04. The van der Waals surface area contributed by atoms with Crippen LogP contribution < -0.4 is 20.1 Å². The normalized spacial score (nSPS) is 12.1. The Hall–Kier alpha value is -2.99. The zero-order chi connectivity index (χ0) is 18.6. The van der Waals surface area contributed by atoms with Gasteiger partial charge in [0, 0.05) is 35.1 Å². The van der Waals surface area contributed by atoms with Crippen LogP contribution in [0.4, 0.5) is 17.5 Å². The van der Waals surface area contributed by atoms with Crippen LogP contribution >= 0.6 is 11.6 Å². The molecule has 0 aliphatic carbocycles. The summed E-state index contributed by atoms with van der Waals surface area (Å²) < 4.78 is 10.7. The minimum Gasteiger partial charge on any atom is -0.454 e. The Morgan fingerprint density at radius 3 is 2.81 bits per heavy atom. The molecule has 138 valence electrons. The smallest absolute Gasteiger partial charge is 0.231 e. The van der Waals surface area contributed by atoms with Gasteiger partial charge >= 0.3 is 0 Å². The number of nitrogens with one attached hydrogen (secondary N) is 2. The molecule has 0 bridgehead atoms. The fraction of sp³-hybridized carbons (Fsp3) is 0.200. The van der Waals surface area contributed by atoms with E-state index >= 15 is 0 Å². The van der Waals surface area contributed by atoms with Crippen molar-refractivity contribution < 1.29 is 9.47 Å². The molecule has 2 aromatic carbocycles. The summed E-state index contributed by atoms with van der Waals surface area (Å²) in [6.45, 7) is 2.91. The van der Waals surface area contributed by atoms with Gasteiger partial charge in [-0.05, 0) is 43.2 Å². The molecule has 0 saturated carbocycles. The third-order valence-electron chi connectivity index (χ3n) is 4.09. The van der Waals surface area contributed by atoms with Crippen LogP contribution in [0.1, 0.15) is 11.3 Å². The lowest BCUT2D eigenvalue weighted by Gasteiger charge is -2.10. The second kappa shape index (κ2) is 7.72. The standard InChI is InChI=1S/C20H19ClN4O2/c1-13-9-19(24-16-5-6-17-18(11-16)27-12-26-17)25-20(23-13)22-8-7-14-3-2-4-15(21)10-14/h2-6,9-11H,7-8,12H2,1H3,(H2,22,23,24,25). The number of halogens is 1. The number of ether oxygens (including phenoxy) is 2. The fourth-order valence-electron chi connectivity index (χ4n) is 2.84. The molecule has 27 heavy (non-hydrogen) atoms. The molecule has 2 N–H and O–H groups in total. The number of anilines is 3. The maximum absolute atomic E-state index is 6.02. The molecule has 0 saturated heterocycles. The van der Waals surface area contributed by atoms with E-state index in [-0.39, 0.29) is 6.79 Å². The molecule has 1 aromatic heterocycles. The zero-order valence-electron chi connectivity index (χ0n) is 14.8. The van der Waals surface area contributed by atoms with Gasteiger partial charge in [-0.2, -0.15) is 4.98 Å². The molecule has 7 heteroatoms. The monoisotopic (exact) mass is 382 g/mol. The second-order valence-electron chi connectivity index (χ2n) is 6.22. The van der Waals surface area contributed by atoms with E-state index in [0.717, 1.165) is 34.3 Å².